The molecule has 2 amide bonds. The van der Waals surface area contributed by atoms with Gasteiger partial charge < -0.3 is 19.3 Å². The fourth-order valence-electron chi connectivity index (χ4n) is 3.88. The minimum Gasteiger partial charge on any atom is -0.378 e. The first-order chi connectivity index (χ1) is 16.7. The van der Waals surface area contributed by atoms with Crippen LogP contribution in [-0.4, -0.2) is 74.2 Å². The smallest absolute Gasteiger partial charge is 0.246 e. The van der Waals surface area contributed by atoms with E-state index in [4.69, 9.17) is 9.47 Å². The molecular formula is C28H50N2O4. The lowest BCUT2D eigenvalue weighted by atomic mass is 10.1. The summed E-state index contributed by atoms with van der Waals surface area (Å²) in [6.07, 6.45) is 22.4. The molecule has 0 aliphatic carbocycles. The van der Waals surface area contributed by atoms with Crippen molar-refractivity contribution in [3.05, 3.63) is 24.3 Å². The van der Waals surface area contributed by atoms with Crippen LogP contribution in [0.5, 0.6) is 0 Å². The maximum absolute atomic E-state index is 11.7. The first-order valence-corrected chi connectivity index (χ1v) is 13.7. The zero-order chi connectivity index (χ0) is 24.7. The Labute approximate surface area is 208 Å². The maximum Gasteiger partial charge on any atom is 0.246 e. The number of ether oxygens (including phenoxy) is 2. The van der Waals surface area contributed by atoms with Crippen molar-refractivity contribution in [2.45, 2.75) is 90.9 Å². The van der Waals surface area contributed by atoms with E-state index < -0.39 is 0 Å². The van der Waals surface area contributed by atoms with Gasteiger partial charge in [0.1, 0.15) is 0 Å². The molecule has 0 aromatic carbocycles. The van der Waals surface area contributed by atoms with Crippen LogP contribution in [0.3, 0.4) is 0 Å². The second-order valence-electron chi connectivity index (χ2n) is 9.09. The number of amides is 2. The molecule has 0 N–H and O–H groups in total. The molecule has 0 atom stereocenters. The number of carbonyl (C=O) groups excluding carboxylic acids is 2. The molecule has 0 aromatic rings. The molecule has 2 aliphatic heterocycles. The van der Waals surface area contributed by atoms with E-state index in [2.05, 4.69) is 13.8 Å². The normalized spacial score (nSPS) is 16.6. The highest BCUT2D eigenvalue weighted by Gasteiger charge is 2.14. The van der Waals surface area contributed by atoms with Gasteiger partial charge in [0.15, 0.2) is 0 Å². The highest BCUT2D eigenvalue weighted by atomic mass is 16.5. The van der Waals surface area contributed by atoms with Crippen molar-refractivity contribution in [3.8, 4) is 0 Å². The van der Waals surface area contributed by atoms with Crippen molar-refractivity contribution in [1.82, 2.24) is 9.80 Å². The van der Waals surface area contributed by atoms with Crippen LogP contribution in [0.25, 0.3) is 0 Å². The number of nitrogens with zero attached hydrogens (tertiary/aromatic N) is 2. The number of hydrogen-bond acceptors (Lipinski definition) is 4. The predicted octanol–water partition coefficient (Wildman–Crippen LogP) is 5.52. The van der Waals surface area contributed by atoms with Gasteiger partial charge in [0.2, 0.25) is 11.8 Å². The van der Waals surface area contributed by atoms with Crippen molar-refractivity contribution in [2.75, 3.05) is 52.6 Å². The van der Waals surface area contributed by atoms with Crippen molar-refractivity contribution in [3.63, 3.8) is 0 Å². The average Bonchev–Trinajstić information content (AvgIpc) is 2.89. The van der Waals surface area contributed by atoms with E-state index in [0.717, 1.165) is 39.0 Å². The number of hydrogen-bond donors (Lipinski definition) is 0. The Balaban J connectivity index is 0.000000340. The Hall–Kier alpha value is -1.66. The topological polar surface area (TPSA) is 59.1 Å². The third-order valence-corrected chi connectivity index (χ3v) is 6.12. The molecule has 34 heavy (non-hydrogen) atoms. The van der Waals surface area contributed by atoms with E-state index in [1.54, 1.807) is 12.2 Å². The summed E-state index contributed by atoms with van der Waals surface area (Å²) in [6, 6.07) is 0. The summed E-state index contributed by atoms with van der Waals surface area (Å²) in [5.74, 6) is 0.281. The van der Waals surface area contributed by atoms with Crippen LogP contribution in [0.1, 0.15) is 90.9 Å². The molecule has 2 saturated heterocycles. The SMILES string of the molecule is CCCCCCC/C=C/C(=O)N1CCOCC1.CCCCCCC/C=C/C(=O)N1CCOCC1. The zero-order valence-electron chi connectivity index (χ0n) is 22.0. The second kappa shape index (κ2) is 21.8. The molecule has 6 nitrogen and oxygen atoms in total. The summed E-state index contributed by atoms with van der Waals surface area (Å²) in [5, 5.41) is 0. The molecule has 196 valence electrons. The summed E-state index contributed by atoms with van der Waals surface area (Å²) in [6.45, 7) is 10.1. The Bertz CT molecular complexity index is 515. The molecule has 6 heteroatoms. The molecule has 0 radical (unpaired) electrons. The van der Waals surface area contributed by atoms with Gasteiger partial charge in [-0.15, -0.1) is 0 Å². The van der Waals surface area contributed by atoms with E-state index in [9.17, 15) is 9.59 Å². The van der Waals surface area contributed by atoms with E-state index in [-0.39, 0.29) is 11.8 Å². The highest BCUT2D eigenvalue weighted by Crippen LogP contribution is 2.07. The minimum atomic E-state index is 0.141. The van der Waals surface area contributed by atoms with Gasteiger partial charge in [-0.1, -0.05) is 77.4 Å². The third kappa shape index (κ3) is 16.0. The highest BCUT2D eigenvalue weighted by molar-refractivity contribution is 5.88. The van der Waals surface area contributed by atoms with Crippen LogP contribution in [0.2, 0.25) is 0 Å². The minimum absolute atomic E-state index is 0.141. The zero-order valence-corrected chi connectivity index (χ0v) is 22.0. The Morgan fingerprint density at radius 1 is 0.588 bits per heavy atom. The molecule has 0 aromatic heterocycles. The van der Waals surface area contributed by atoms with Crippen molar-refractivity contribution >= 4 is 11.8 Å². The number of allylic oxidation sites excluding steroid dienone is 2. The Morgan fingerprint density at radius 2 is 0.941 bits per heavy atom. The molecule has 2 fully saturated rings. The van der Waals surface area contributed by atoms with Gasteiger partial charge in [-0.2, -0.15) is 0 Å². The molecule has 2 aliphatic rings. The van der Waals surface area contributed by atoms with Gasteiger partial charge >= 0.3 is 0 Å². The number of morpholine rings is 2. The van der Waals surface area contributed by atoms with Crippen molar-refractivity contribution in [2.24, 2.45) is 0 Å². The first-order valence-electron chi connectivity index (χ1n) is 13.7. The van der Waals surface area contributed by atoms with E-state index >= 15 is 0 Å². The van der Waals surface area contributed by atoms with E-state index in [1.165, 1.54) is 64.2 Å². The van der Waals surface area contributed by atoms with E-state index in [1.807, 2.05) is 22.0 Å². The molecular weight excluding hydrogens is 428 g/mol. The fraction of sp³-hybridized carbons (Fsp3) is 0.786. The van der Waals surface area contributed by atoms with Gasteiger partial charge in [-0.25, -0.2) is 0 Å². The Morgan fingerprint density at radius 3 is 1.29 bits per heavy atom. The van der Waals surface area contributed by atoms with Crippen LogP contribution in [0, 0.1) is 0 Å². The first kappa shape index (κ1) is 30.4. The van der Waals surface area contributed by atoms with Gasteiger partial charge in [0.25, 0.3) is 0 Å². The van der Waals surface area contributed by atoms with Crippen LogP contribution < -0.4 is 0 Å². The van der Waals surface area contributed by atoms with Gasteiger partial charge in [0, 0.05) is 26.2 Å². The lowest BCUT2D eigenvalue weighted by molar-refractivity contribution is -0.130. The third-order valence-electron chi connectivity index (χ3n) is 6.12. The van der Waals surface area contributed by atoms with Crippen molar-refractivity contribution in [1.29, 1.82) is 0 Å². The summed E-state index contributed by atoms with van der Waals surface area (Å²) in [7, 11) is 0. The maximum atomic E-state index is 11.7. The Kier molecular flexibility index (Phi) is 19.5. The van der Waals surface area contributed by atoms with Crippen LogP contribution in [-0.2, 0) is 19.1 Å². The molecule has 2 rings (SSSR count). The average molecular weight is 479 g/mol. The summed E-state index contributed by atoms with van der Waals surface area (Å²) in [4.78, 5) is 27.2. The van der Waals surface area contributed by atoms with Gasteiger partial charge in [-0.3, -0.25) is 9.59 Å². The van der Waals surface area contributed by atoms with Crippen molar-refractivity contribution < 1.29 is 19.1 Å². The predicted molar refractivity (Wildman–Crippen MR) is 140 cm³/mol. The molecule has 0 unspecified atom stereocenters. The second-order valence-corrected chi connectivity index (χ2v) is 9.09. The molecule has 2 heterocycles. The van der Waals surface area contributed by atoms with Gasteiger partial charge in [0.05, 0.1) is 26.4 Å². The van der Waals surface area contributed by atoms with Gasteiger partial charge in [-0.05, 0) is 37.8 Å². The molecule has 0 bridgehead atoms. The van der Waals surface area contributed by atoms with E-state index in [0.29, 0.717) is 26.4 Å². The monoisotopic (exact) mass is 478 g/mol. The fourth-order valence-corrected chi connectivity index (χ4v) is 3.88. The number of unbranched alkanes of at least 4 members (excludes halogenated alkanes) is 10. The van der Waals surface area contributed by atoms with Crippen LogP contribution >= 0.6 is 0 Å². The quantitative estimate of drug-likeness (QED) is 0.243. The lowest BCUT2D eigenvalue weighted by Crippen LogP contribution is -2.39. The van der Waals surface area contributed by atoms with Crippen LogP contribution in [0.4, 0.5) is 0 Å². The molecule has 0 saturated carbocycles. The van der Waals surface area contributed by atoms with Crippen LogP contribution in [0.15, 0.2) is 24.3 Å². The number of rotatable bonds is 14. The number of carbonyl (C=O) groups is 2. The summed E-state index contributed by atoms with van der Waals surface area (Å²) >= 11 is 0. The largest absolute Gasteiger partial charge is 0.378 e. The summed E-state index contributed by atoms with van der Waals surface area (Å²) < 4.78 is 10.4. The lowest BCUT2D eigenvalue weighted by Gasteiger charge is -2.25. The molecule has 0 spiro atoms. The summed E-state index contributed by atoms with van der Waals surface area (Å²) in [5.41, 5.74) is 0. The standard InChI is InChI=1S/2C14H25NO2/c2*1-2-3-4-5-6-7-8-9-14(16)15-10-12-17-13-11-15/h2*8-9H,2-7,10-13H2,1H3/b2*9-8+.